The van der Waals surface area contributed by atoms with Gasteiger partial charge < -0.3 is 20.4 Å². The highest BCUT2D eigenvalue weighted by molar-refractivity contribution is 5.67. The number of hydrazine groups is 1. The minimum Gasteiger partial charge on any atom is -0.453 e. The molecule has 2 rings (SSSR count). The van der Waals surface area contributed by atoms with E-state index < -0.39 is 0 Å². The lowest BCUT2D eigenvalue weighted by Gasteiger charge is -2.19. The zero-order chi connectivity index (χ0) is 13.0. The molecule has 1 amide bonds. The maximum atomic E-state index is 11.1. The first kappa shape index (κ1) is 12.4. The molecule has 0 bridgehead atoms. The van der Waals surface area contributed by atoms with Crippen molar-refractivity contribution in [2.45, 2.75) is 12.5 Å². The smallest absolute Gasteiger partial charge is 0.407 e. The van der Waals surface area contributed by atoms with Gasteiger partial charge in [-0.05, 0) is 12.5 Å². The van der Waals surface area contributed by atoms with Crippen molar-refractivity contribution in [1.29, 1.82) is 0 Å². The van der Waals surface area contributed by atoms with Crippen LogP contribution in [0, 0.1) is 0 Å². The van der Waals surface area contributed by atoms with Gasteiger partial charge in [0.2, 0.25) is 0 Å². The van der Waals surface area contributed by atoms with Crippen molar-refractivity contribution in [3.05, 3.63) is 18.3 Å². The van der Waals surface area contributed by atoms with Crippen LogP contribution in [0.5, 0.6) is 0 Å². The molecule has 1 fully saturated rings. The molecule has 1 atom stereocenters. The van der Waals surface area contributed by atoms with E-state index in [9.17, 15) is 4.79 Å². The number of hydrogen-bond donors (Lipinski definition) is 3. The third-order valence-corrected chi connectivity index (χ3v) is 2.95. The van der Waals surface area contributed by atoms with Gasteiger partial charge in [0.1, 0.15) is 5.82 Å². The Hall–Kier alpha value is -2.02. The van der Waals surface area contributed by atoms with E-state index in [4.69, 9.17) is 5.84 Å². The molecule has 0 spiro atoms. The number of pyridine rings is 1. The number of nitrogens with two attached hydrogens (primary N) is 1. The molecule has 0 aromatic carbocycles. The first-order valence-corrected chi connectivity index (χ1v) is 5.75. The summed E-state index contributed by atoms with van der Waals surface area (Å²) in [7, 11) is 1.37. The summed E-state index contributed by atoms with van der Waals surface area (Å²) in [5.41, 5.74) is 3.55. The van der Waals surface area contributed by atoms with E-state index in [-0.39, 0.29) is 12.1 Å². The Morgan fingerprint density at radius 2 is 2.50 bits per heavy atom. The zero-order valence-electron chi connectivity index (χ0n) is 10.2. The Labute approximate surface area is 105 Å². The van der Waals surface area contributed by atoms with E-state index in [2.05, 4.69) is 25.4 Å². The molecule has 4 N–H and O–H groups in total. The van der Waals surface area contributed by atoms with Gasteiger partial charge >= 0.3 is 6.09 Å². The number of nitrogens with zero attached hydrogens (tertiary/aromatic N) is 2. The number of ether oxygens (including phenoxy) is 1. The van der Waals surface area contributed by atoms with Gasteiger partial charge in [-0.2, -0.15) is 0 Å². The third-order valence-electron chi connectivity index (χ3n) is 2.95. The van der Waals surface area contributed by atoms with E-state index >= 15 is 0 Å². The second-order valence-corrected chi connectivity index (χ2v) is 4.11. The van der Waals surface area contributed by atoms with E-state index in [1.165, 1.54) is 7.11 Å². The second kappa shape index (κ2) is 5.54. The molecule has 0 saturated carbocycles. The topological polar surface area (TPSA) is 92.5 Å². The Balaban J connectivity index is 1.97. The van der Waals surface area contributed by atoms with Crippen molar-refractivity contribution >= 4 is 17.6 Å². The highest BCUT2D eigenvalue weighted by Gasteiger charge is 2.24. The number of nitrogen functional groups attached to an aromatic ring is 1. The number of anilines is 2. The minimum atomic E-state index is -0.388. The molecule has 0 radical (unpaired) electrons. The second-order valence-electron chi connectivity index (χ2n) is 4.11. The van der Waals surface area contributed by atoms with Crippen molar-refractivity contribution < 1.29 is 9.53 Å². The van der Waals surface area contributed by atoms with Crippen LogP contribution < -0.4 is 21.5 Å². The summed E-state index contributed by atoms with van der Waals surface area (Å²) < 4.78 is 4.58. The summed E-state index contributed by atoms with van der Waals surface area (Å²) in [6, 6.07) is 3.90. The first-order valence-electron chi connectivity index (χ1n) is 5.75. The van der Waals surface area contributed by atoms with Crippen LogP contribution in [0.25, 0.3) is 0 Å². The van der Waals surface area contributed by atoms with Gasteiger partial charge in [0.05, 0.1) is 13.2 Å². The van der Waals surface area contributed by atoms with Crippen molar-refractivity contribution in [1.82, 2.24) is 10.3 Å². The molecule has 18 heavy (non-hydrogen) atoms. The van der Waals surface area contributed by atoms with Crippen LogP contribution in [0.3, 0.4) is 0 Å². The average Bonchev–Trinajstić information content (AvgIpc) is 2.87. The number of carbonyl (C=O) groups is 1. The highest BCUT2D eigenvalue weighted by Crippen LogP contribution is 2.21. The number of nitrogens with one attached hydrogen (secondary N) is 2. The molecule has 0 aliphatic carbocycles. The summed E-state index contributed by atoms with van der Waals surface area (Å²) in [6.45, 7) is 1.63. The highest BCUT2D eigenvalue weighted by atomic mass is 16.5. The van der Waals surface area contributed by atoms with E-state index in [0.717, 1.165) is 25.2 Å². The van der Waals surface area contributed by atoms with Gasteiger partial charge in [-0.25, -0.2) is 15.6 Å². The lowest BCUT2D eigenvalue weighted by Crippen LogP contribution is -2.36. The summed E-state index contributed by atoms with van der Waals surface area (Å²) in [6.07, 6.45) is 2.20. The summed E-state index contributed by atoms with van der Waals surface area (Å²) in [5, 5.41) is 2.80. The largest absolute Gasteiger partial charge is 0.453 e. The van der Waals surface area contributed by atoms with E-state index in [0.29, 0.717) is 5.82 Å². The minimum absolute atomic E-state index is 0.111. The van der Waals surface area contributed by atoms with Crippen LogP contribution in [0.2, 0.25) is 0 Å². The predicted octanol–water partition coefficient (Wildman–Crippen LogP) is 0.302. The standard InChI is InChI=1S/C11H17N5O2/c1-18-11(17)14-8-3-5-16(7-8)9-2-4-13-10(6-9)15-12/h2,4,6,8H,3,5,7,12H2,1H3,(H,13,15)(H,14,17). The summed E-state index contributed by atoms with van der Waals surface area (Å²) in [5.74, 6) is 5.95. The van der Waals surface area contributed by atoms with Crippen LogP contribution in [-0.4, -0.2) is 37.3 Å². The summed E-state index contributed by atoms with van der Waals surface area (Å²) >= 11 is 0. The van der Waals surface area contributed by atoms with Crippen LogP contribution >= 0.6 is 0 Å². The SMILES string of the molecule is COC(=O)NC1CCN(c2ccnc(NN)c2)C1. The molecule has 1 aliphatic heterocycles. The van der Waals surface area contributed by atoms with E-state index in [1.807, 2.05) is 12.1 Å². The van der Waals surface area contributed by atoms with Crippen molar-refractivity contribution in [3.8, 4) is 0 Å². The van der Waals surface area contributed by atoms with Gasteiger partial charge in [-0.1, -0.05) is 0 Å². The molecular formula is C11H17N5O2. The van der Waals surface area contributed by atoms with E-state index in [1.54, 1.807) is 6.20 Å². The van der Waals surface area contributed by atoms with Gasteiger partial charge in [0.25, 0.3) is 0 Å². The number of amides is 1. The fraction of sp³-hybridized carbons (Fsp3) is 0.455. The maximum Gasteiger partial charge on any atom is 0.407 e. The molecule has 1 aromatic heterocycles. The number of hydrogen-bond acceptors (Lipinski definition) is 6. The molecule has 2 heterocycles. The Morgan fingerprint density at radius 1 is 1.67 bits per heavy atom. The fourth-order valence-electron chi connectivity index (χ4n) is 2.03. The van der Waals surface area contributed by atoms with Gasteiger partial charge in [-0.15, -0.1) is 0 Å². The van der Waals surface area contributed by atoms with Crippen molar-refractivity contribution in [2.75, 3.05) is 30.5 Å². The Bertz CT molecular complexity index is 426. The van der Waals surface area contributed by atoms with Crippen molar-refractivity contribution in [2.24, 2.45) is 5.84 Å². The van der Waals surface area contributed by atoms with Gasteiger partial charge in [0.15, 0.2) is 0 Å². The average molecular weight is 251 g/mol. The molecule has 1 aliphatic rings. The molecule has 98 valence electrons. The number of alkyl carbamates (subject to hydrolysis) is 1. The number of carbonyl (C=O) groups excluding carboxylic acids is 1. The van der Waals surface area contributed by atoms with Crippen LogP contribution in [0.4, 0.5) is 16.3 Å². The molecule has 1 saturated heterocycles. The fourth-order valence-corrected chi connectivity index (χ4v) is 2.03. The molecule has 7 nitrogen and oxygen atoms in total. The molecular weight excluding hydrogens is 234 g/mol. The van der Waals surface area contributed by atoms with Gasteiger partial charge in [0, 0.05) is 31.0 Å². The van der Waals surface area contributed by atoms with Crippen LogP contribution in [0.1, 0.15) is 6.42 Å². The Kier molecular flexibility index (Phi) is 3.83. The van der Waals surface area contributed by atoms with Crippen molar-refractivity contribution in [3.63, 3.8) is 0 Å². The normalized spacial score (nSPS) is 18.6. The monoisotopic (exact) mass is 251 g/mol. The maximum absolute atomic E-state index is 11.1. The first-order chi connectivity index (χ1) is 8.72. The molecule has 7 heteroatoms. The number of aromatic nitrogens is 1. The lowest BCUT2D eigenvalue weighted by molar-refractivity contribution is 0.167. The quantitative estimate of drug-likeness (QED) is 0.528. The molecule has 1 unspecified atom stereocenters. The third kappa shape index (κ3) is 2.80. The summed E-state index contributed by atoms with van der Waals surface area (Å²) in [4.78, 5) is 17.4. The van der Waals surface area contributed by atoms with Crippen LogP contribution in [-0.2, 0) is 4.74 Å². The zero-order valence-corrected chi connectivity index (χ0v) is 10.2. The predicted molar refractivity (Wildman–Crippen MR) is 68.2 cm³/mol. The number of methoxy groups -OCH3 is 1. The molecule has 1 aromatic rings. The van der Waals surface area contributed by atoms with Crippen LogP contribution in [0.15, 0.2) is 18.3 Å². The Morgan fingerprint density at radius 3 is 3.22 bits per heavy atom. The lowest BCUT2D eigenvalue weighted by atomic mass is 10.3. The number of rotatable bonds is 3. The van der Waals surface area contributed by atoms with Gasteiger partial charge in [-0.3, -0.25) is 0 Å².